The van der Waals surface area contributed by atoms with E-state index in [0.29, 0.717) is 13.1 Å². The number of hydrogen-bond acceptors (Lipinski definition) is 8. The molecule has 38 heavy (non-hydrogen) atoms. The molecule has 0 spiro atoms. The lowest BCUT2D eigenvalue weighted by Gasteiger charge is -2.33. The van der Waals surface area contributed by atoms with Gasteiger partial charge in [0.15, 0.2) is 17.4 Å². The number of likely N-dealkylation sites (N-methyl/N-ethyl adjacent to an activating group) is 1. The number of Topliss-reactive ketones (excluding diaryl/α,β-unsaturated/α-hetero) is 1. The number of hydrazine groups is 1. The molecule has 3 fully saturated rings. The number of nitrogens with one attached hydrogen (secondary N) is 1. The van der Waals surface area contributed by atoms with Crippen molar-refractivity contribution in [3.8, 4) is 0 Å². The van der Waals surface area contributed by atoms with Crippen LogP contribution in [0.4, 0.5) is 38.5 Å². The molecule has 1 aromatic carbocycles. The van der Waals surface area contributed by atoms with Crippen molar-refractivity contribution in [2.24, 2.45) is 0 Å². The molecule has 3 heterocycles. The third-order valence-corrected chi connectivity index (χ3v) is 6.62. The summed E-state index contributed by atoms with van der Waals surface area (Å²) >= 11 is 0. The van der Waals surface area contributed by atoms with E-state index < -0.39 is 48.5 Å². The predicted molar refractivity (Wildman–Crippen MR) is 127 cm³/mol. The van der Waals surface area contributed by atoms with E-state index in [1.165, 1.54) is 4.90 Å². The van der Waals surface area contributed by atoms with Gasteiger partial charge in [-0.3, -0.25) is 20.0 Å². The van der Waals surface area contributed by atoms with E-state index in [9.17, 15) is 23.2 Å². The Kier molecular flexibility index (Phi) is 8.89. The second-order valence-electron chi connectivity index (χ2n) is 9.31. The molecule has 4 rings (SSSR count). The van der Waals surface area contributed by atoms with Crippen LogP contribution in [0.1, 0.15) is 12.8 Å². The summed E-state index contributed by atoms with van der Waals surface area (Å²) in [5.74, 6) is -3.13. The van der Waals surface area contributed by atoms with Gasteiger partial charge in [0.2, 0.25) is 0 Å². The number of piperazine rings is 1. The van der Waals surface area contributed by atoms with Crippen molar-refractivity contribution < 1.29 is 41.5 Å². The van der Waals surface area contributed by atoms with Crippen molar-refractivity contribution in [3.05, 3.63) is 23.8 Å². The molecule has 0 saturated carbocycles. The Morgan fingerprint density at radius 3 is 2.39 bits per heavy atom. The van der Waals surface area contributed by atoms with Crippen LogP contribution in [0, 0.1) is 11.6 Å². The Morgan fingerprint density at radius 2 is 1.74 bits per heavy atom. The maximum Gasteiger partial charge on any atom is 0.414 e. The molecule has 3 amide bonds. The molecule has 0 bridgehead atoms. The van der Waals surface area contributed by atoms with E-state index in [1.807, 2.05) is 7.05 Å². The summed E-state index contributed by atoms with van der Waals surface area (Å²) in [6.45, 7) is 3.05. The fourth-order valence-corrected chi connectivity index (χ4v) is 4.45. The first-order chi connectivity index (χ1) is 18.1. The fraction of sp³-hybridized carbons (Fsp3) is 0.609. The summed E-state index contributed by atoms with van der Waals surface area (Å²) in [5, 5.41) is 2.92. The maximum absolute atomic E-state index is 15.1. The number of rotatable bonds is 7. The van der Waals surface area contributed by atoms with E-state index in [4.69, 9.17) is 9.57 Å². The lowest BCUT2D eigenvalue weighted by molar-refractivity contribution is -0.129. The number of urea groups is 1. The van der Waals surface area contributed by atoms with Gasteiger partial charge in [-0.25, -0.2) is 37.2 Å². The summed E-state index contributed by atoms with van der Waals surface area (Å²) in [6.07, 6.45) is -5.46. The van der Waals surface area contributed by atoms with E-state index >= 15 is 8.78 Å². The zero-order chi connectivity index (χ0) is 27.4. The first-order valence-electron chi connectivity index (χ1n) is 12.3. The van der Waals surface area contributed by atoms with Crippen LogP contribution in [-0.4, -0.2) is 111 Å². The molecule has 0 aliphatic carbocycles. The third-order valence-electron chi connectivity index (χ3n) is 6.62. The summed E-state index contributed by atoms with van der Waals surface area (Å²) in [5.41, 5.74) is 2.35. The Balaban J connectivity index is 1.36. The van der Waals surface area contributed by atoms with Gasteiger partial charge < -0.3 is 14.5 Å². The second kappa shape index (κ2) is 12.1. The molecule has 0 unspecified atom stereocenters. The Labute approximate surface area is 216 Å². The minimum Gasteiger partial charge on any atom is -0.444 e. The third kappa shape index (κ3) is 6.63. The van der Waals surface area contributed by atoms with Crippen molar-refractivity contribution in [3.63, 3.8) is 0 Å². The number of nitrogens with zero attached hydrogens (tertiary/aromatic N) is 5. The molecule has 3 aliphatic heterocycles. The van der Waals surface area contributed by atoms with Gasteiger partial charge >= 0.3 is 12.1 Å². The fourth-order valence-electron chi connectivity index (χ4n) is 4.45. The number of benzene rings is 1. The zero-order valence-corrected chi connectivity index (χ0v) is 20.9. The molecule has 0 radical (unpaired) electrons. The molecule has 15 heteroatoms. The lowest BCUT2D eigenvalue weighted by Crippen LogP contribution is -2.55. The van der Waals surface area contributed by atoms with Gasteiger partial charge in [-0.1, -0.05) is 0 Å². The molecular formula is C23H30F4N6O5. The number of alkyl halides is 2. The van der Waals surface area contributed by atoms with Gasteiger partial charge in [-0.15, -0.1) is 0 Å². The number of ketones is 1. The van der Waals surface area contributed by atoms with Crippen LogP contribution in [0.2, 0.25) is 0 Å². The molecule has 1 atom stereocenters. The highest BCUT2D eigenvalue weighted by Crippen LogP contribution is 2.32. The molecule has 210 valence electrons. The monoisotopic (exact) mass is 546 g/mol. The van der Waals surface area contributed by atoms with Crippen molar-refractivity contribution in [1.29, 1.82) is 0 Å². The molecule has 3 saturated heterocycles. The lowest BCUT2D eigenvalue weighted by atomic mass is 10.1. The van der Waals surface area contributed by atoms with Crippen molar-refractivity contribution in [2.75, 3.05) is 75.8 Å². The van der Waals surface area contributed by atoms with Gasteiger partial charge in [-0.05, 0) is 13.5 Å². The van der Waals surface area contributed by atoms with E-state index in [0.717, 1.165) is 35.2 Å². The minimum atomic E-state index is -3.11. The second-order valence-corrected chi connectivity index (χ2v) is 9.31. The SMILES string of the molecule is CN1CCN(NC(=O)N2CCN(c3c(F)cc(N4C[C@H](CCC(=O)C(F)F)OC4=O)cc3F)CCO2)CC1. The van der Waals surface area contributed by atoms with E-state index in [1.54, 1.807) is 5.01 Å². The number of carbonyl (C=O) groups is 3. The molecule has 1 aromatic rings. The number of anilines is 2. The van der Waals surface area contributed by atoms with Crippen LogP contribution in [0.25, 0.3) is 0 Å². The van der Waals surface area contributed by atoms with Crippen LogP contribution in [0.5, 0.6) is 0 Å². The number of ether oxygens (including phenoxy) is 1. The Hall–Kier alpha value is -3.17. The van der Waals surface area contributed by atoms with Gasteiger partial charge in [-0.2, -0.15) is 0 Å². The van der Waals surface area contributed by atoms with Gasteiger partial charge in [0.1, 0.15) is 11.8 Å². The quantitative estimate of drug-likeness (QED) is 0.518. The van der Waals surface area contributed by atoms with E-state index in [2.05, 4.69) is 10.3 Å². The summed E-state index contributed by atoms with van der Waals surface area (Å²) in [7, 11) is 1.99. The maximum atomic E-state index is 15.1. The standard InChI is InChI=1S/C23H30F4N6O5/c1-29-4-7-31(8-5-29)28-22(35)33-9-6-30(10-11-37-33)20-17(24)12-15(13-18(20)25)32-14-16(38-23(32)36)2-3-19(34)21(26)27/h12-13,16,21H,2-11,14H2,1H3,(H,28,35)/t16-/m0/s1. The van der Waals surface area contributed by atoms with Crippen molar-refractivity contribution in [1.82, 2.24) is 20.4 Å². The molecule has 1 N–H and O–H groups in total. The van der Waals surface area contributed by atoms with Crippen LogP contribution in [-0.2, 0) is 14.4 Å². The predicted octanol–water partition coefficient (Wildman–Crippen LogP) is 1.83. The van der Waals surface area contributed by atoms with Gasteiger partial charge in [0.25, 0.3) is 6.43 Å². The van der Waals surface area contributed by atoms with Gasteiger partial charge in [0.05, 0.1) is 25.4 Å². The highest BCUT2D eigenvalue weighted by molar-refractivity contribution is 5.90. The average Bonchev–Trinajstić information content (AvgIpc) is 3.07. The number of amides is 3. The van der Waals surface area contributed by atoms with E-state index in [-0.39, 0.29) is 50.6 Å². The van der Waals surface area contributed by atoms with Crippen LogP contribution in [0.15, 0.2) is 12.1 Å². The molecule has 0 aromatic heterocycles. The number of cyclic esters (lactones) is 1. The smallest absolute Gasteiger partial charge is 0.414 e. The summed E-state index contributed by atoms with van der Waals surface area (Å²) in [4.78, 5) is 46.0. The largest absolute Gasteiger partial charge is 0.444 e. The number of carbonyl (C=O) groups excluding carboxylic acids is 3. The van der Waals surface area contributed by atoms with Crippen LogP contribution in [0.3, 0.4) is 0 Å². The molecule has 3 aliphatic rings. The molecular weight excluding hydrogens is 516 g/mol. The highest BCUT2D eigenvalue weighted by Gasteiger charge is 2.35. The van der Waals surface area contributed by atoms with Gasteiger partial charge in [0, 0.05) is 57.8 Å². The Bertz CT molecular complexity index is 1020. The first kappa shape index (κ1) is 27.9. The number of hydroxylamine groups is 2. The van der Waals surface area contributed by atoms with Crippen LogP contribution >= 0.6 is 0 Å². The Morgan fingerprint density at radius 1 is 1.05 bits per heavy atom. The average molecular weight is 547 g/mol. The van der Waals surface area contributed by atoms with Crippen molar-refractivity contribution in [2.45, 2.75) is 25.4 Å². The van der Waals surface area contributed by atoms with Crippen LogP contribution < -0.4 is 15.2 Å². The summed E-state index contributed by atoms with van der Waals surface area (Å²) in [6, 6.07) is 1.50. The molecule has 11 nitrogen and oxygen atoms in total. The minimum absolute atomic E-state index is 0.00819. The van der Waals surface area contributed by atoms with Crippen molar-refractivity contribution >= 4 is 29.3 Å². The topological polar surface area (TPSA) is 97.9 Å². The number of halogens is 4. The zero-order valence-electron chi connectivity index (χ0n) is 20.9. The highest BCUT2D eigenvalue weighted by atomic mass is 19.3. The normalized spacial score (nSPS) is 21.6. The first-order valence-corrected chi connectivity index (χ1v) is 12.3. The number of hydrogen-bond donors (Lipinski definition) is 1. The summed E-state index contributed by atoms with van der Waals surface area (Å²) < 4.78 is 60.1.